The number of phenols is 2. The summed E-state index contributed by atoms with van der Waals surface area (Å²) in [5.41, 5.74) is 0.338. The summed E-state index contributed by atoms with van der Waals surface area (Å²) in [6.45, 7) is 1.49. The van der Waals surface area contributed by atoms with Gasteiger partial charge in [0, 0.05) is 12.1 Å². The van der Waals surface area contributed by atoms with Gasteiger partial charge in [0.1, 0.15) is 0 Å². The van der Waals surface area contributed by atoms with Gasteiger partial charge in [-0.05, 0) is 45.3 Å². The molecule has 0 aliphatic heterocycles. The molecule has 94 valence electrons. The van der Waals surface area contributed by atoms with Gasteiger partial charge < -0.3 is 20.4 Å². The first-order chi connectivity index (χ1) is 8.00. The van der Waals surface area contributed by atoms with Crippen molar-refractivity contribution in [2.45, 2.75) is 6.42 Å². The van der Waals surface area contributed by atoms with Gasteiger partial charge in [0.15, 0.2) is 11.5 Å². The number of benzene rings is 1. The highest BCUT2D eigenvalue weighted by atomic mass is 16.3. The monoisotopic (exact) mass is 238 g/mol. The lowest BCUT2D eigenvalue weighted by Crippen LogP contribution is -2.27. The minimum absolute atomic E-state index is 0.228. The van der Waals surface area contributed by atoms with E-state index < -0.39 is 0 Å². The van der Waals surface area contributed by atoms with E-state index in [1.54, 1.807) is 0 Å². The van der Waals surface area contributed by atoms with Crippen LogP contribution in [0.15, 0.2) is 18.2 Å². The van der Waals surface area contributed by atoms with Gasteiger partial charge in [-0.3, -0.25) is 4.79 Å². The minimum atomic E-state index is -0.286. The second kappa shape index (κ2) is 6.10. The molecule has 0 atom stereocenters. The van der Waals surface area contributed by atoms with Crippen LogP contribution in [0.5, 0.6) is 11.5 Å². The van der Waals surface area contributed by atoms with Gasteiger partial charge in [-0.1, -0.05) is 0 Å². The number of nitrogens with one attached hydrogen (secondary N) is 1. The Labute approximate surface area is 101 Å². The number of hydrogen-bond donors (Lipinski definition) is 3. The summed E-state index contributed by atoms with van der Waals surface area (Å²) >= 11 is 0. The highest BCUT2D eigenvalue weighted by Gasteiger charge is 2.07. The largest absolute Gasteiger partial charge is 0.504 e. The van der Waals surface area contributed by atoms with E-state index in [4.69, 9.17) is 5.11 Å². The van der Waals surface area contributed by atoms with Crippen molar-refractivity contribution < 1.29 is 15.0 Å². The zero-order valence-corrected chi connectivity index (χ0v) is 10.1. The lowest BCUT2D eigenvalue weighted by molar-refractivity contribution is 0.0952. The quantitative estimate of drug-likeness (QED) is 0.523. The Hall–Kier alpha value is -1.75. The molecule has 0 saturated carbocycles. The Morgan fingerprint density at radius 1 is 1.29 bits per heavy atom. The number of aromatic hydroxyl groups is 2. The highest BCUT2D eigenvalue weighted by Crippen LogP contribution is 2.24. The Bertz CT molecular complexity index is 391. The van der Waals surface area contributed by atoms with Crippen LogP contribution in [0.4, 0.5) is 0 Å². The van der Waals surface area contributed by atoms with Crippen LogP contribution < -0.4 is 5.32 Å². The molecular weight excluding hydrogens is 220 g/mol. The molecule has 5 heteroatoms. The number of carbonyl (C=O) groups is 1. The summed E-state index contributed by atoms with van der Waals surface area (Å²) in [6.07, 6.45) is 0.864. The van der Waals surface area contributed by atoms with Gasteiger partial charge in [-0.25, -0.2) is 0 Å². The molecule has 0 heterocycles. The summed E-state index contributed by atoms with van der Waals surface area (Å²) < 4.78 is 0. The average molecular weight is 238 g/mol. The number of rotatable bonds is 5. The van der Waals surface area contributed by atoms with Crippen LogP contribution in [-0.2, 0) is 0 Å². The summed E-state index contributed by atoms with van der Waals surface area (Å²) in [7, 11) is 3.94. The number of hydrogen-bond acceptors (Lipinski definition) is 4. The summed E-state index contributed by atoms with van der Waals surface area (Å²) in [5.74, 6) is -0.765. The Morgan fingerprint density at radius 3 is 2.59 bits per heavy atom. The molecule has 17 heavy (non-hydrogen) atoms. The number of carbonyl (C=O) groups excluding carboxylic acids is 1. The standard InChI is InChI=1S/C12H18N2O3/c1-14(2)7-3-6-13-12(17)9-4-5-10(15)11(16)8-9/h4-5,8,15-16H,3,6-7H2,1-2H3,(H,13,17). The lowest BCUT2D eigenvalue weighted by atomic mass is 10.2. The van der Waals surface area contributed by atoms with Crippen LogP contribution in [0.2, 0.25) is 0 Å². The third-order valence-electron chi connectivity index (χ3n) is 2.31. The van der Waals surface area contributed by atoms with Crippen molar-refractivity contribution in [3.63, 3.8) is 0 Å². The zero-order chi connectivity index (χ0) is 12.8. The number of nitrogens with zero attached hydrogens (tertiary/aromatic N) is 1. The number of amides is 1. The van der Waals surface area contributed by atoms with Crippen molar-refractivity contribution in [3.8, 4) is 11.5 Å². The van der Waals surface area contributed by atoms with Crippen LogP contribution in [0.1, 0.15) is 16.8 Å². The van der Waals surface area contributed by atoms with E-state index in [0.29, 0.717) is 12.1 Å². The van der Waals surface area contributed by atoms with Gasteiger partial charge in [-0.2, -0.15) is 0 Å². The van der Waals surface area contributed by atoms with E-state index in [0.717, 1.165) is 13.0 Å². The van der Waals surface area contributed by atoms with E-state index in [1.165, 1.54) is 18.2 Å². The van der Waals surface area contributed by atoms with Gasteiger partial charge in [0.25, 0.3) is 5.91 Å². The van der Waals surface area contributed by atoms with Crippen molar-refractivity contribution >= 4 is 5.91 Å². The van der Waals surface area contributed by atoms with Crippen molar-refractivity contribution in [2.75, 3.05) is 27.2 Å². The highest BCUT2D eigenvalue weighted by molar-refractivity contribution is 5.94. The van der Waals surface area contributed by atoms with Crippen LogP contribution in [0.3, 0.4) is 0 Å². The predicted octanol–water partition coefficient (Wildman–Crippen LogP) is 0.779. The first-order valence-corrected chi connectivity index (χ1v) is 5.45. The van der Waals surface area contributed by atoms with E-state index in [9.17, 15) is 9.90 Å². The molecule has 0 spiro atoms. The number of phenolic OH excluding ortho intramolecular Hbond substituents is 2. The molecule has 1 aromatic carbocycles. The van der Waals surface area contributed by atoms with Gasteiger partial charge in [0.05, 0.1) is 0 Å². The molecular formula is C12H18N2O3. The Morgan fingerprint density at radius 2 is 2.00 bits per heavy atom. The fourth-order valence-corrected chi connectivity index (χ4v) is 1.36. The molecule has 0 radical (unpaired) electrons. The maximum atomic E-state index is 11.6. The molecule has 0 bridgehead atoms. The molecule has 3 N–H and O–H groups in total. The van der Waals surface area contributed by atoms with Gasteiger partial charge >= 0.3 is 0 Å². The maximum Gasteiger partial charge on any atom is 0.251 e. The molecule has 0 aliphatic rings. The van der Waals surface area contributed by atoms with Crippen LogP contribution in [0, 0.1) is 0 Å². The fraction of sp³-hybridized carbons (Fsp3) is 0.417. The minimum Gasteiger partial charge on any atom is -0.504 e. The van der Waals surface area contributed by atoms with Crippen molar-refractivity contribution in [1.29, 1.82) is 0 Å². The smallest absolute Gasteiger partial charge is 0.251 e. The molecule has 0 unspecified atom stereocenters. The average Bonchev–Trinajstić information content (AvgIpc) is 2.27. The first kappa shape index (κ1) is 13.3. The Kier molecular flexibility index (Phi) is 4.78. The molecule has 0 aromatic heterocycles. The molecule has 0 saturated heterocycles. The third kappa shape index (κ3) is 4.32. The summed E-state index contributed by atoms with van der Waals surface area (Å²) in [5, 5.41) is 21.1. The topological polar surface area (TPSA) is 72.8 Å². The molecule has 1 rings (SSSR count). The summed E-state index contributed by atoms with van der Waals surface area (Å²) in [4.78, 5) is 13.7. The van der Waals surface area contributed by atoms with E-state index in [1.807, 2.05) is 19.0 Å². The van der Waals surface area contributed by atoms with Crippen LogP contribution >= 0.6 is 0 Å². The fourth-order valence-electron chi connectivity index (χ4n) is 1.36. The third-order valence-corrected chi connectivity index (χ3v) is 2.31. The van der Waals surface area contributed by atoms with E-state index in [2.05, 4.69) is 5.32 Å². The maximum absolute atomic E-state index is 11.6. The van der Waals surface area contributed by atoms with Crippen molar-refractivity contribution in [3.05, 3.63) is 23.8 Å². The van der Waals surface area contributed by atoms with E-state index in [-0.39, 0.29) is 17.4 Å². The van der Waals surface area contributed by atoms with Crippen LogP contribution in [-0.4, -0.2) is 48.2 Å². The zero-order valence-electron chi connectivity index (χ0n) is 10.1. The molecule has 1 amide bonds. The predicted molar refractivity (Wildman–Crippen MR) is 65.3 cm³/mol. The second-order valence-corrected chi connectivity index (χ2v) is 4.12. The molecule has 0 fully saturated rings. The normalized spacial score (nSPS) is 10.5. The SMILES string of the molecule is CN(C)CCCNC(=O)c1ccc(O)c(O)c1. The molecule has 0 aliphatic carbocycles. The van der Waals surface area contributed by atoms with Crippen molar-refractivity contribution in [1.82, 2.24) is 10.2 Å². The molecule has 1 aromatic rings. The van der Waals surface area contributed by atoms with E-state index >= 15 is 0 Å². The second-order valence-electron chi connectivity index (χ2n) is 4.12. The van der Waals surface area contributed by atoms with Crippen LogP contribution in [0.25, 0.3) is 0 Å². The van der Waals surface area contributed by atoms with Crippen molar-refractivity contribution in [2.24, 2.45) is 0 Å². The molecule has 5 nitrogen and oxygen atoms in total. The first-order valence-electron chi connectivity index (χ1n) is 5.45. The summed E-state index contributed by atoms with van der Waals surface area (Å²) in [6, 6.07) is 4.01. The lowest BCUT2D eigenvalue weighted by Gasteiger charge is -2.10. The Balaban J connectivity index is 2.44. The van der Waals surface area contributed by atoms with Gasteiger partial charge in [0.2, 0.25) is 0 Å². The van der Waals surface area contributed by atoms with Gasteiger partial charge in [-0.15, -0.1) is 0 Å².